The van der Waals surface area contributed by atoms with E-state index in [2.05, 4.69) is 5.32 Å². The van der Waals surface area contributed by atoms with E-state index >= 15 is 0 Å². The molecule has 0 atom stereocenters. The SMILES string of the molecule is CC(C)NC(=O)COc1c(N)cccc1C(=O)O. The third kappa shape index (κ3) is 3.65. The minimum absolute atomic E-state index is 0.00633. The molecule has 1 aromatic carbocycles. The van der Waals surface area contributed by atoms with Crippen LogP contribution in [-0.4, -0.2) is 29.6 Å². The molecule has 18 heavy (non-hydrogen) atoms. The number of carboxylic acid groups (broad SMARTS) is 1. The summed E-state index contributed by atoms with van der Waals surface area (Å²) in [4.78, 5) is 22.4. The van der Waals surface area contributed by atoms with Crippen LogP contribution in [0.2, 0.25) is 0 Å². The van der Waals surface area contributed by atoms with Gasteiger partial charge in [0.15, 0.2) is 12.4 Å². The lowest BCUT2D eigenvalue weighted by Crippen LogP contribution is -2.34. The number of amides is 1. The summed E-state index contributed by atoms with van der Waals surface area (Å²) in [5.41, 5.74) is 5.75. The zero-order valence-corrected chi connectivity index (χ0v) is 10.3. The Morgan fingerprint density at radius 2 is 2.11 bits per heavy atom. The van der Waals surface area contributed by atoms with Crippen molar-refractivity contribution in [3.05, 3.63) is 23.8 Å². The summed E-state index contributed by atoms with van der Waals surface area (Å²) in [5.74, 6) is -1.46. The lowest BCUT2D eigenvalue weighted by Gasteiger charge is -2.12. The van der Waals surface area contributed by atoms with Crippen molar-refractivity contribution in [3.63, 3.8) is 0 Å². The summed E-state index contributed by atoms with van der Waals surface area (Å²) >= 11 is 0. The smallest absolute Gasteiger partial charge is 0.339 e. The molecule has 1 rings (SSSR count). The zero-order valence-electron chi connectivity index (χ0n) is 10.3. The maximum absolute atomic E-state index is 11.4. The molecule has 4 N–H and O–H groups in total. The first kappa shape index (κ1) is 13.8. The van der Waals surface area contributed by atoms with Crippen molar-refractivity contribution in [2.24, 2.45) is 0 Å². The number of anilines is 1. The molecule has 0 aromatic heterocycles. The number of carbonyl (C=O) groups excluding carboxylic acids is 1. The quantitative estimate of drug-likeness (QED) is 0.675. The maximum Gasteiger partial charge on any atom is 0.339 e. The maximum atomic E-state index is 11.4. The Morgan fingerprint density at radius 3 is 2.67 bits per heavy atom. The molecule has 98 valence electrons. The number of nitrogens with two attached hydrogens (primary N) is 1. The van der Waals surface area contributed by atoms with Crippen LogP contribution in [0.1, 0.15) is 24.2 Å². The second-order valence-corrected chi connectivity index (χ2v) is 4.04. The van der Waals surface area contributed by atoms with Gasteiger partial charge in [-0.1, -0.05) is 6.07 Å². The predicted molar refractivity (Wildman–Crippen MR) is 66.6 cm³/mol. The van der Waals surface area contributed by atoms with Gasteiger partial charge in [-0.05, 0) is 26.0 Å². The van der Waals surface area contributed by atoms with Crippen molar-refractivity contribution >= 4 is 17.6 Å². The number of hydrogen-bond donors (Lipinski definition) is 3. The second kappa shape index (κ2) is 5.90. The summed E-state index contributed by atoms with van der Waals surface area (Å²) in [6.07, 6.45) is 0. The van der Waals surface area contributed by atoms with E-state index in [-0.39, 0.29) is 35.6 Å². The molecule has 0 aliphatic carbocycles. The lowest BCUT2D eigenvalue weighted by atomic mass is 10.2. The normalized spacial score (nSPS) is 10.2. The molecule has 6 heteroatoms. The van der Waals surface area contributed by atoms with Gasteiger partial charge in [-0.3, -0.25) is 4.79 Å². The van der Waals surface area contributed by atoms with Crippen LogP contribution in [-0.2, 0) is 4.79 Å². The third-order valence-electron chi connectivity index (χ3n) is 2.07. The highest BCUT2D eigenvalue weighted by Gasteiger charge is 2.15. The number of carboxylic acids is 1. The van der Waals surface area contributed by atoms with Crippen LogP contribution in [0.4, 0.5) is 5.69 Å². The first-order valence-corrected chi connectivity index (χ1v) is 5.45. The van der Waals surface area contributed by atoms with Crippen molar-refractivity contribution in [1.29, 1.82) is 0 Å². The van der Waals surface area contributed by atoms with Gasteiger partial charge in [-0.25, -0.2) is 4.79 Å². The number of ether oxygens (including phenoxy) is 1. The third-order valence-corrected chi connectivity index (χ3v) is 2.07. The van der Waals surface area contributed by atoms with Crippen molar-refractivity contribution in [1.82, 2.24) is 5.32 Å². The number of para-hydroxylation sites is 1. The van der Waals surface area contributed by atoms with Gasteiger partial charge < -0.3 is 20.9 Å². The largest absolute Gasteiger partial charge is 0.481 e. The highest BCUT2D eigenvalue weighted by Crippen LogP contribution is 2.26. The van der Waals surface area contributed by atoms with Gasteiger partial charge in [0.05, 0.1) is 5.69 Å². The fourth-order valence-corrected chi connectivity index (χ4v) is 1.39. The number of nitrogens with one attached hydrogen (secondary N) is 1. The van der Waals surface area contributed by atoms with Crippen LogP contribution in [0.5, 0.6) is 5.75 Å². The van der Waals surface area contributed by atoms with E-state index in [1.54, 1.807) is 0 Å². The fourth-order valence-electron chi connectivity index (χ4n) is 1.39. The molecule has 0 radical (unpaired) electrons. The average molecular weight is 252 g/mol. The number of carbonyl (C=O) groups is 2. The van der Waals surface area contributed by atoms with Crippen LogP contribution in [0.3, 0.4) is 0 Å². The van der Waals surface area contributed by atoms with Crippen LogP contribution >= 0.6 is 0 Å². The van der Waals surface area contributed by atoms with Crippen LogP contribution in [0, 0.1) is 0 Å². The Balaban J connectivity index is 2.78. The second-order valence-electron chi connectivity index (χ2n) is 4.04. The highest BCUT2D eigenvalue weighted by molar-refractivity contribution is 5.93. The number of benzene rings is 1. The molecule has 0 spiro atoms. The Morgan fingerprint density at radius 1 is 1.44 bits per heavy atom. The summed E-state index contributed by atoms with van der Waals surface area (Å²) in [6.45, 7) is 3.36. The minimum Gasteiger partial charge on any atom is -0.481 e. The van der Waals surface area contributed by atoms with E-state index in [1.807, 2.05) is 13.8 Å². The van der Waals surface area contributed by atoms with Gasteiger partial charge >= 0.3 is 5.97 Å². The van der Waals surface area contributed by atoms with Crippen molar-refractivity contribution in [3.8, 4) is 5.75 Å². The molecule has 0 heterocycles. The van der Waals surface area contributed by atoms with Gasteiger partial charge in [0, 0.05) is 6.04 Å². The van der Waals surface area contributed by atoms with Crippen molar-refractivity contribution in [2.45, 2.75) is 19.9 Å². The Kier molecular flexibility index (Phi) is 4.53. The first-order chi connectivity index (χ1) is 8.41. The molecule has 0 bridgehead atoms. The van der Waals surface area contributed by atoms with E-state index in [4.69, 9.17) is 15.6 Å². The molecule has 0 fully saturated rings. The molecule has 1 amide bonds. The van der Waals surface area contributed by atoms with E-state index in [1.165, 1.54) is 18.2 Å². The minimum atomic E-state index is -1.15. The standard InChI is InChI=1S/C12H16N2O4/c1-7(2)14-10(15)6-18-11-8(12(16)17)4-3-5-9(11)13/h3-5,7H,6,13H2,1-2H3,(H,14,15)(H,16,17). The molecular formula is C12H16N2O4. The monoisotopic (exact) mass is 252 g/mol. The van der Waals surface area contributed by atoms with E-state index in [0.29, 0.717) is 0 Å². The van der Waals surface area contributed by atoms with E-state index < -0.39 is 5.97 Å². The van der Waals surface area contributed by atoms with Crippen molar-refractivity contribution in [2.75, 3.05) is 12.3 Å². The Hall–Kier alpha value is -2.24. The molecule has 6 nitrogen and oxygen atoms in total. The van der Waals surface area contributed by atoms with Crippen LogP contribution < -0.4 is 15.8 Å². The number of aromatic carboxylic acids is 1. The molecular weight excluding hydrogens is 236 g/mol. The van der Waals surface area contributed by atoms with Gasteiger partial charge in [0.25, 0.3) is 5.91 Å². The number of nitrogen functional groups attached to an aromatic ring is 1. The number of hydrogen-bond acceptors (Lipinski definition) is 4. The molecule has 0 saturated heterocycles. The lowest BCUT2D eigenvalue weighted by molar-refractivity contribution is -0.123. The molecule has 1 aromatic rings. The summed E-state index contributed by atoms with van der Waals surface area (Å²) in [7, 11) is 0. The predicted octanol–water partition coefficient (Wildman–Crippen LogP) is 0.870. The van der Waals surface area contributed by atoms with Crippen LogP contribution in [0.25, 0.3) is 0 Å². The fraction of sp³-hybridized carbons (Fsp3) is 0.333. The summed E-state index contributed by atoms with van der Waals surface area (Å²) in [5, 5.41) is 11.6. The molecule has 0 unspecified atom stereocenters. The van der Waals surface area contributed by atoms with Gasteiger partial charge in [-0.15, -0.1) is 0 Å². The van der Waals surface area contributed by atoms with E-state index in [9.17, 15) is 9.59 Å². The molecule has 0 saturated carbocycles. The number of rotatable bonds is 5. The molecule has 0 aliphatic rings. The zero-order chi connectivity index (χ0) is 13.7. The van der Waals surface area contributed by atoms with Gasteiger partial charge in [0.2, 0.25) is 0 Å². The van der Waals surface area contributed by atoms with Gasteiger partial charge in [0.1, 0.15) is 5.56 Å². The summed E-state index contributed by atoms with van der Waals surface area (Å²) in [6, 6.07) is 4.39. The average Bonchev–Trinajstić information content (AvgIpc) is 2.25. The topological polar surface area (TPSA) is 102 Å². The van der Waals surface area contributed by atoms with Gasteiger partial charge in [-0.2, -0.15) is 0 Å². The Bertz CT molecular complexity index is 457. The summed E-state index contributed by atoms with van der Waals surface area (Å²) < 4.78 is 5.17. The molecule has 0 aliphatic heterocycles. The van der Waals surface area contributed by atoms with Crippen molar-refractivity contribution < 1.29 is 19.4 Å². The van der Waals surface area contributed by atoms with Crippen LogP contribution in [0.15, 0.2) is 18.2 Å². The van der Waals surface area contributed by atoms with E-state index in [0.717, 1.165) is 0 Å². The first-order valence-electron chi connectivity index (χ1n) is 5.45. The highest BCUT2D eigenvalue weighted by atomic mass is 16.5. The Labute approximate surface area is 105 Å².